The molecule has 3 heterocycles. The van der Waals surface area contributed by atoms with Crippen molar-refractivity contribution < 1.29 is 0 Å². The fourth-order valence-corrected chi connectivity index (χ4v) is 12.1. The summed E-state index contributed by atoms with van der Waals surface area (Å²) in [6.07, 6.45) is 11.3. The molecule has 2 unspecified atom stereocenters. The highest BCUT2D eigenvalue weighted by atomic mass is 31.1. The Labute approximate surface area is 97.1 Å². The molecule has 6 atom stereocenters. The first-order valence-corrected chi connectivity index (χ1v) is 10.1. The van der Waals surface area contributed by atoms with Crippen LogP contribution in [0.15, 0.2) is 0 Å². The number of fused-ring (bicyclic) bond motifs is 2. The van der Waals surface area contributed by atoms with E-state index in [2.05, 4.69) is 13.8 Å². The Morgan fingerprint density at radius 3 is 1.67 bits per heavy atom. The van der Waals surface area contributed by atoms with Crippen molar-refractivity contribution in [3.05, 3.63) is 0 Å². The predicted molar refractivity (Wildman–Crippen MR) is 73.2 cm³/mol. The third kappa shape index (κ3) is 1.91. The standard InChI is InChI=1S/C13H24P2/c1-10-3-5-12-9-13-6-4-11(2)15(13)8-7-14(10)12/h10-13H,3-9H2,1-2H3/t10-,11-,12+,13+,14?,15?/m1/s1. The molecule has 2 heteroatoms. The van der Waals surface area contributed by atoms with Crippen molar-refractivity contribution in [3.63, 3.8) is 0 Å². The van der Waals surface area contributed by atoms with E-state index < -0.39 is 0 Å². The third-order valence-electron chi connectivity index (χ3n) is 5.07. The molecule has 0 N–H and O–H groups in total. The van der Waals surface area contributed by atoms with Gasteiger partial charge in [0.15, 0.2) is 0 Å². The summed E-state index contributed by atoms with van der Waals surface area (Å²) in [6, 6.07) is 0. The fourth-order valence-electron chi connectivity index (χ4n) is 4.11. The van der Waals surface area contributed by atoms with E-state index in [-0.39, 0.29) is 0 Å². The fraction of sp³-hybridized carbons (Fsp3) is 1.00. The van der Waals surface area contributed by atoms with E-state index in [1.807, 2.05) is 0 Å². The molecule has 3 rings (SSSR count). The van der Waals surface area contributed by atoms with E-state index in [0.29, 0.717) is 15.8 Å². The second kappa shape index (κ2) is 4.27. The summed E-state index contributed by atoms with van der Waals surface area (Å²) in [5.41, 5.74) is 4.65. The van der Waals surface area contributed by atoms with Gasteiger partial charge in [-0.15, -0.1) is 15.8 Å². The van der Waals surface area contributed by atoms with Crippen LogP contribution >= 0.6 is 15.8 Å². The van der Waals surface area contributed by atoms with Gasteiger partial charge in [-0.3, -0.25) is 0 Å². The van der Waals surface area contributed by atoms with Crippen LogP contribution in [0, 0.1) is 0 Å². The first-order valence-electron chi connectivity index (χ1n) is 6.77. The van der Waals surface area contributed by atoms with Crippen molar-refractivity contribution in [2.75, 3.05) is 12.3 Å². The largest absolute Gasteiger partial charge is 0.100 e. The van der Waals surface area contributed by atoms with Gasteiger partial charge in [-0.05, 0) is 67.1 Å². The Kier molecular flexibility index (Phi) is 3.12. The lowest BCUT2D eigenvalue weighted by Crippen LogP contribution is -2.08. The van der Waals surface area contributed by atoms with Gasteiger partial charge in [0.1, 0.15) is 0 Å². The summed E-state index contributed by atoms with van der Waals surface area (Å²) >= 11 is 0. The highest BCUT2D eigenvalue weighted by Gasteiger charge is 2.42. The summed E-state index contributed by atoms with van der Waals surface area (Å²) < 4.78 is 0. The lowest BCUT2D eigenvalue weighted by Gasteiger charge is -2.22. The van der Waals surface area contributed by atoms with Crippen molar-refractivity contribution >= 4 is 15.8 Å². The summed E-state index contributed by atoms with van der Waals surface area (Å²) in [7, 11) is 0.929. The van der Waals surface area contributed by atoms with E-state index in [1.165, 1.54) is 11.3 Å². The Morgan fingerprint density at radius 1 is 0.733 bits per heavy atom. The van der Waals surface area contributed by atoms with Crippen molar-refractivity contribution in [1.29, 1.82) is 0 Å². The molecule has 0 spiro atoms. The van der Waals surface area contributed by atoms with Crippen LogP contribution in [0.4, 0.5) is 0 Å². The van der Waals surface area contributed by atoms with Crippen LogP contribution < -0.4 is 0 Å². The topological polar surface area (TPSA) is 0 Å². The molecule has 0 aromatic rings. The van der Waals surface area contributed by atoms with Gasteiger partial charge in [0.05, 0.1) is 0 Å². The molecule has 0 aromatic heterocycles. The van der Waals surface area contributed by atoms with Crippen molar-refractivity contribution in [1.82, 2.24) is 0 Å². The van der Waals surface area contributed by atoms with Gasteiger partial charge in [-0.2, -0.15) is 0 Å². The maximum atomic E-state index is 2.55. The van der Waals surface area contributed by atoms with Crippen LogP contribution in [-0.2, 0) is 0 Å². The molecule has 0 radical (unpaired) electrons. The van der Waals surface area contributed by atoms with Gasteiger partial charge in [0.25, 0.3) is 0 Å². The minimum Gasteiger partial charge on any atom is -0.100 e. The molecule has 3 aliphatic rings. The molecule has 0 bridgehead atoms. The van der Waals surface area contributed by atoms with E-state index >= 15 is 0 Å². The quantitative estimate of drug-likeness (QED) is 0.550. The minimum atomic E-state index is 0.465. The van der Waals surface area contributed by atoms with Crippen LogP contribution in [-0.4, -0.2) is 35.0 Å². The Bertz CT molecular complexity index is 217. The van der Waals surface area contributed by atoms with E-state index in [9.17, 15) is 0 Å². The molecular weight excluding hydrogens is 218 g/mol. The Balaban J connectivity index is 1.75. The molecule has 3 fully saturated rings. The zero-order valence-electron chi connectivity index (χ0n) is 10.2. The van der Waals surface area contributed by atoms with Crippen molar-refractivity contribution in [3.8, 4) is 0 Å². The summed E-state index contributed by atoms with van der Waals surface area (Å²) in [5, 5.41) is 0. The monoisotopic (exact) mass is 242 g/mol. The number of hydrogen-bond donors (Lipinski definition) is 0. The second-order valence-corrected chi connectivity index (χ2v) is 12.0. The zero-order valence-corrected chi connectivity index (χ0v) is 11.9. The molecule has 3 saturated heterocycles. The smallest absolute Gasteiger partial charge is 0.0200 e. The van der Waals surface area contributed by atoms with Gasteiger partial charge in [-0.25, -0.2) is 0 Å². The van der Waals surface area contributed by atoms with E-state index in [0.717, 1.165) is 11.3 Å². The lowest BCUT2D eigenvalue weighted by atomic mass is 10.1. The molecule has 0 aromatic carbocycles. The minimum absolute atomic E-state index is 0.465. The second-order valence-electron chi connectivity index (χ2n) is 5.87. The molecular formula is C13H24P2. The molecule has 3 aliphatic heterocycles. The van der Waals surface area contributed by atoms with Gasteiger partial charge in [0.2, 0.25) is 0 Å². The maximum Gasteiger partial charge on any atom is -0.0200 e. The van der Waals surface area contributed by atoms with Crippen LogP contribution in [0.3, 0.4) is 0 Å². The molecule has 0 aliphatic carbocycles. The molecule has 0 saturated carbocycles. The van der Waals surface area contributed by atoms with Crippen LogP contribution in [0.25, 0.3) is 0 Å². The summed E-state index contributed by atoms with van der Waals surface area (Å²) in [6.45, 7) is 5.09. The van der Waals surface area contributed by atoms with Crippen LogP contribution in [0.5, 0.6) is 0 Å². The molecule has 0 nitrogen and oxygen atoms in total. The number of rotatable bonds is 0. The normalized spacial score (nSPS) is 54.8. The van der Waals surface area contributed by atoms with E-state index in [1.54, 1.807) is 44.4 Å². The zero-order chi connectivity index (χ0) is 10.4. The average Bonchev–Trinajstić information content (AvgIpc) is 2.67. The van der Waals surface area contributed by atoms with Crippen LogP contribution in [0.2, 0.25) is 0 Å². The van der Waals surface area contributed by atoms with Gasteiger partial charge >= 0.3 is 0 Å². The van der Waals surface area contributed by atoms with E-state index in [4.69, 9.17) is 0 Å². The Morgan fingerprint density at radius 2 is 1.20 bits per heavy atom. The first kappa shape index (κ1) is 11.0. The molecule has 15 heavy (non-hydrogen) atoms. The summed E-state index contributed by atoms with van der Waals surface area (Å²) in [5.74, 6) is 0. The van der Waals surface area contributed by atoms with Crippen molar-refractivity contribution in [2.45, 2.75) is 68.6 Å². The van der Waals surface area contributed by atoms with Crippen molar-refractivity contribution in [2.24, 2.45) is 0 Å². The summed E-state index contributed by atoms with van der Waals surface area (Å²) in [4.78, 5) is 0. The average molecular weight is 242 g/mol. The maximum absolute atomic E-state index is 2.55. The van der Waals surface area contributed by atoms with Gasteiger partial charge in [0, 0.05) is 0 Å². The van der Waals surface area contributed by atoms with Gasteiger partial charge < -0.3 is 0 Å². The number of hydrogen-bond acceptors (Lipinski definition) is 0. The van der Waals surface area contributed by atoms with Crippen LogP contribution in [0.1, 0.15) is 46.0 Å². The highest BCUT2D eigenvalue weighted by Crippen LogP contribution is 2.67. The third-order valence-corrected chi connectivity index (χ3v) is 12.5. The molecule has 86 valence electrons. The SMILES string of the molecule is C[C@@H]1CC[C@H]2C[C@@H]3CC[C@@H](C)P3CCP21. The van der Waals surface area contributed by atoms with Gasteiger partial charge in [-0.1, -0.05) is 13.8 Å². The highest BCUT2D eigenvalue weighted by molar-refractivity contribution is 7.64. The molecule has 0 amide bonds. The lowest BCUT2D eigenvalue weighted by molar-refractivity contribution is 0.643. The first-order chi connectivity index (χ1) is 7.25. The Hall–Kier alpha value is 0.860. The predicted octanol–water partition coefficient (Wildman–Crippen LogP) is 4.46.